The molecular weight excluding hydrogens is 372 g/mol. The van der Waals surface area contributed by atoms with Gasteiger partial charge < -0.3 is 0 Å². The lowest BCUT2D eigenvalue weighted by Crippen LogP contribution is -2.12. The van der Waals surface area contributed by atoms with E-state index in [9.17, 15) is 0 Å². The quantitative estimate of drug-likeness (QED) is 0.310. The minimum Gasteiger partial charge on any atom is -0.264 e. The van der Waals surface area contributed by atoms with Crippen molar-refractivity contribution in [2.75, 3.05) is 0 Å². The highest BCUT2D eigenvalue weighted by Gasteiger charge is 2.18. The predicted molar refractivity (Wildman–Crippen MR) is 124 cm³/mol. The van der Waals surface area contributed by atoms with Crippen LogP contribution in [0.25, 0.3) is 42.6 Å². The van der Waals surface area contributed by atoms with Crippen LogP contribution in [-0.4, -0.2) is 9.97 Å². The lowest BCUT2D eigenvalue weighted by molar-refractivity contribution is 0.596. The van der Waals surface area contributed by atoms with Gasteiger partial charge in [-0.15, -0.1) is 11.3 Å². The number of pyridine rings is 2. The maximum Gasteiger partial charge on any atom is 0.0708 e. The fraction of sp³-hybridized carbons (Fsp3) is 0.154. The first-order valence-electron chi connectivity index (χ1n) is 9.83. The molecule has 0 spiro atoms. The Kier molecular flexibility index (Phi) is 4.21. The van der Waals surface area contributed by atoms with E-state index in [0.717, 1.165) is 5.69 Å². The zero-order valence-corrected chi connectivity index (χ0v) is 17.6. The molecule has 0 radical (unpaired) electrons. The molecule has 0 amide bonds. The molecule has 2 aromatic carbocycles. The van der Waals surface area contributed by atoms with Crippen LogP contribution in [0.5, 0.6) is 0 Å². The lowest BCUT2D eigenvalue weighted by atomic mass is 9.82. The van der Waals surface area contributed by atoms with Crippen LogP contribution in [0, 0.1) is 0 Å². The summed E-state index contributed by atoms with van der Waals surface area (Å²) in [7, 11) is 0. The minimum absolute atomic E-state index is 0.0612. The standard InChI is InChI=1S/C26H22N2S/c1-26(2,3)22-13-19(12-17-6-4-5-7-21(17)22)23-14-18(8-11-28-23)25-15-20-16-27-10-9-24(20)29-25/h4-16H,1-3H3. The molecule has 142 valence electrons. The van der Waals surface area contributed by atoms with Crippen molar-refractivity contribution in [3.63, 3.8) is 0 Å². The number of fused-ring (bicyclic) bond motifs is 2. The number of nitrogens with zero attached hydrogens (tertiary/aromatic N) is 2. The first-order chi connectivity index (χ1) is 14.0. The van der Waals surface area contributed by atoms with Crippen molar-refractivity contribution >= 4 is 32.2 Å². The van der Waals surface area contributed by atoms with E-state index in [1.54, 1.807) is 11.3 Å². The fourth-order valence-electron chi connectivity index (χ4n) is 3.85. The molecule has 0 fully saturated rings. The zero-order valence-electron chi connectivity index (χ0n) is 16.8. The highest BCUT2D eigenvalue weighted by atomic mass is 32.1. The highest BCUT2D eigenvalue weighted by molar-refractivity contribution is 7.22. The normalized spacial score (nSPS) is 12.0. The van der Waals surface area contributed by atoms with Gasteiger partial charge in [0.15, 0.2) is 0 Å². The van der Waals surface area contributed by atoms with E-state index in [1.165, 1.54) is 42.4 Å². The molecule has 3 heteroatoms. The van der Waals surface area contributed by atoms with E-state index in [4.69, 9.17) is 4.98 Å². The van der Waals surface area contributed by atoms with E-state index >= 15 is 0 Å². The second kappa shape index (κ2) is 6.78. The Bertz CT molecular complexity index is 1310. The summed E-state index contributed by atoms with van der Waals surface area (Å²) in [5, 5.41) is 3.76. The monoisotopic (exact) mass is 394 g/mol. The Hall–Kier alpha value is -3.04. The van der Waals surface area contributed by atoms with Crippen molar-refractivity contribution in [3.05, 3.63) is 84.8 Å². The molecule has 0 aliphatic heterocycles. The summed E-state index contributed by atoms with van der Waals surface area (Å²) in [5.41, 5.74) is 4.78. The topological polar surface area (TPSA) is 25.8 Å². The summed E-state index contributed by atoms with van der Waals surface area (Å²) >= 11 is 1.80. The lowest BCUT2D eigenvalue weighted by Gasteiger charge is -2.22. The van der Waals surface area contributed by atoms with Gasteiger partial charge in [-0.25, -0.2) is 0 Å². The highest BCUT2D eigenvalue weighted by Crippen LogP contribution is 2.37. The van der Waals surface area contributed by atoms with Crippen molar-refractivity contribution in [1.29, 1.82) is 0 Å². The summed E-state index contributed by atoms with van der Waals surface area (Å²) in [4.78, 5) is 10.2. The van der Waals surface area contributed by atoms with E-state index in [1.807, 2.05) is 18.6 Å². The van der Waals surface area contributed by atoms with Crippen LogP contribution in [0.3, 0.4) is 0 Å². The van der Waals surface area contributed by atoms with Crippen LogP contribution in [0.15, 0.2) is 79.3 Å². The third-order valence-corrected chi connectivity index (χ3v) is 6.49. The van der Waals surface area contributed by atoms with Gasteiger partial charge in [-0.3, -0.25) is 9.97 Å². The van der Waals surface area contributed by atoms with E-state index < -0.39 is 0 Å². The minimum atomic E-state index is 0.0612. The van der Waals surface area contributed by atoms with Crippen molar-refractivity contribution in [2.24, 2.45) is 0 Å². The Labute approximate surface area is 174 Å². The van der Waals surface area contributed by atoms with Gasteiger partial charge in [0.2, 0.25) is 0 Å². The first-order valence-corrected chi connectivity index (χ1v) is 10.6. The summed E-state index contributed by atoms with van der Waals surface area (Å²) in [6.45, 7) is 6.81. The van der Waals surface area contributed by atoms with Crippen LogP contribution in [0.2, 0.25) is 0 Å². The fourth-order valence-corrected chi connectivity index (χ4v) is 4.87. The molecule has 0 N–H and O–H groups in total. The van der Waals surface area contributed by atoms with Gasteiger partial charge in [-0.1, -0.05) is 45.0 Å². The van der Waals surface area contributed by atoms with Crippen LogP contribution < -0.4 is 0 Å². The molecular formula is C26H22N2S. The first kappa shape index (κ1) is 18.0. The maximum absolute atomic E-state index is 4.71. The average Bonchev–Trinajstić information content (AvgIpc) is 3.17. The molecule has 0 saturated heterocycles. The Morgan fingerprint density at radius 1 is 0.793 bits per heavy atom. The van der Waals surface area contributed by atoms with Gasteiger partial charge in [0.1, 0.15) is 0 Å². The number of benzene rings is 2. The predicted octanol–water partition coefficient (Wildman–Crippen LogP) is 7.48. The van der Waals surface area contributed by atoms with E-state index in [2.05, 4.69) is 86.4 Å². The number of hydrogen-bond acceptors (Lipinski definition) is 3. The van der Waals surface area contributed by atoms with Gasteiger partial charge in [0.25, 0.3) is 0 Å². The maximum atomic E-state index is 4.71. The molecule has 3 heterocycles. The van der Waals surface area contributed by atoms with Crippen molar-refractivity contribution in [2.45, 2.75) is 26.2 Å². The van der Waals surface area contributed by atoms with Gasteiger partial charge in [-0.05, 0) is 63.7 Å². The van der Waals surface area contributed by atoms with Crippen LogP contribution in [0.4, 0.5) is 0 Å². The molecule has 0 unspecified atom stereocenters. The Balaban J connectivity index is 1.67. The molecule has 0 aliphatic carbocycles. The molecule has 5 rings (SSSR count). The number of aromatic nitrogens is 2. The Morgan fingerprint density at radius 3 is 2.48 bits per heavy atom. The SMILES string of the molecule is CC(C)(C)c1cc(-c2cc(-c3cc4cnccc4s3)ccn2)cc2ccccc12. The summed E-state index contributed by atoms with van der Waals surface area (Å²) in [6, 6.07) is 21.8. The molecule has 5 aromatic rings. The van der Waals surface area contributed by atoms with Gasteiger partial charge in [0, 0.05) is 39.1 Å². The van der Waals surface area contributed by atoms with Gasteiger partial charge >= 0.3 is 0 Å². The Morgan fingerprint density at radius 2 is 1.66 bits per heavy atom. The molecule has 0 bridgehead atoms. The van der Waals surface area contributed by atoms with E-state index in [-0.39, 0.29) is 5.41 Å². The van der Waals surface area contributed by atoms with Crippen LogP contribution in [0.1, 0.15) is 26.3 Å². The molecule has 0 saturated carbocycles. The van der Waals surface area contributed by atoms with Crippen molar-refractivity contribution in [1.82, 2.24) is 9.97 Å². The third kappa shape index (κ3) is 3.32. The second-order valence-corrected chi connectivity index (χ2v) is 9.53. The number of hydrogen-bond donors (Lipinski definition) is 0. The van der Waals surface area contributed by atoms with Gasteiger partial charge in [0.05, 0.1) is 5.69 Å². The number of thiophene rings is 1. The second-order valence-electron chi connectivity index (χ2n) is 8.45. The largest absolute Gasteiger partial charge is 0.264 e. The zero-order chi connectivity index (χ0) is 20.0. The smallest absolute Gasteiger partial charge is 0.0708 e. The molecule has 0 aliphatic rings. The van der Waals surface area contributed by atoms with Crippen molar-refractivity contribution < 1.29 is 0 Å². The summed E-state index contributed by atoms with van der Waals surface area (Å²) in [6.07, 6.45) is 5.69. The summed E-state index contributed by atoms with van der Waals surface area (Å²) < 4.78 is 1.26. The molecule has 29 heavy (non-hydrogen) atoms. The number of rotatable bonds is 2. The summed E-state index contributed by atoms with van der Waals surface area (Å²) in [5.74, 6) is 0. The molecule has 2 nitrogen and oxygen atoms in total. The van der Waals surface area contributed by atoms with Crippen LogP contribution >= 0.6 is 11.3 Å². The molecule has 3 aromatic heterocycles. The third-order valence-electron chi connectivity index (χ3n) is 5.33. The van der Waals surface area contributed by atoms with Gasteiger partial charge in [-0.2, -0.15) is 0 Å². The molecule has 0 atom stereocenters. The van der Waals surface area contributed by atoms with Crippen LogP contribution in [-0.2, 0) is 5.41 Å². The average molecular weight is 395 g/mol. The van der Waals surface area contributed by atoms with Crippen molar-refractivity contribution in [3.8, 4) is 21.7 Å². The van der Waals surface area contributed by atoms with E-state index in [0.29, 0.717) is 0 Å².